The van der Waals surface area contributed by atoms with Gasteiger partial charge in [0.15, 0.2) is 0 Å². The van der Waals surface area contributed by atoms with Crippen LogP contribution in [-0.4, -0.2) is 7.11 Å². The van der Waals surface area contributed by atoms with Crippen LogP contribution in [0.5, 0.6) is 5.75 Å². The molecule has 0 radical (unpaired) electrons. The minimum absolute atomic E-state index is 0.800. The van der Waals surface area contributed by atoms with Crippen molar-refractivity contribution in [2.45, 2.75) is 6.42 Å². The normalized spacial score (nSPS) is 10.2. The molecule has 0 amide bonds. The molecule has 2 aromatic rings. The molecule has 0 aliphatic heterocycles. The quantitative estimate of drug-likeness (QED) is 0.877. The first-order chi connectivity index (χ1) is 8.19. The summed E-state index contributed by atoms with van der Waals surface area (Å²) in [6, 6.07) is 14.0. The van der Waals surface area contributed by atoms with Gasteiger partial charge in [0.25, 0.3) is 0 Å². The lowest BCUT2D eigenvalue weighted by Gasteiger charge is -2.08. The molecular weight excluding hydrogens is 278 g/mol. The number of anilines is 1. The summed E-state index contributed by atoms with van der Waals surface area (Å²) < 4.78 is 6.29. The van der Waals surface area contributed by atoms with Crippen molar-refractivity contribution in [2.24, 2.45) is 0 Å². The highest BCUT2D eigenvalue weighted by Gasteiger charge is 2.03. The van der Waals surface area contributed by atoms with Gasteiger partial charge >= 0.3 is 0 Å². The number of hydrogen-bond donors (Lipinski definition) is 1. The number of rotatable bonds is 3. The molecule has 3 heteroatoms. The van der Waals surface area contributed by atoms with Gasteiger partial charge in [-0.1, -0.05) is 28.1 Å². The lowest BCUT2D eigenvalue weighted by Crippen LogP contribution is -1.96. The molecule has 0 saturated carbocycles. The zero-order chi connectivity index (χ0) is 12.3. The topological polar surface area (TPSA) is 35.2 Å². The molecule has 0 heterocycles. The van der Waals surface area contributed by atoms with Gasteiger partial charge in [0.2, 0.25) is 0 Å². The third kappa shape index (κ3) is 3.01. The van der Waals surface area contributed by atoms with E-state index in [2.05, 4.69) is 28.1 Å². The van der Waals surface area contributed by atoms with Crippen LogP contribution in [-0.2, 0) is 6.42 Å². The van der Waals surface area contributed by atoms with Gasteiger partial charge in [0.1, 0.15) is 5.75 Å². The Kier molecular flexibility index (Phi) is 3.69. The Balaban J connectivity index is 2.25. The first-order valence-corrected chi connectivity index (χ1v) is 6.15. The monoisotopic (exact) mass is 291 g/mol. The summed E-state index contributed by atoms with van der Waals surface area (Å²) in [5.74, 6) is 0.839. The first kappa shape index (κ1) is 12.0. The second kappa shape index (κ2) is 5.23. The average Bonchev–Trinajstić information content (AvgIpc) is 2.35. The zero-order valence-electron chi connectivity index (χ0n) is 9.61. The molecule has 2 aromatic carbocycles. The number of nitrogens with two attached hydrogens (primary N) is 1. The zero-order valence-corrected chi connectivity index (χ0v) is 11.2. The molecule has 17 heavy (non-hydrogen) atoms. The summed E-state index contributed by atoms with van der Waals surface area (Å²) in [6.07, 6.45) is 0.816. The number of benzene rings is 2. The summed E-state index contributed by atoms with van der Waals surface area (Å²) in [5.41, 5.74) is 9.08. The summed E-state index contributed by atoms with van der Waals surface area (Å²) in [4.78, 5) is 0. The number of nitrogen functional groups attached to an aromatic ring is 1. The van der Waals surface area contributed by atoms with E-state index in [0.29, 0.717) is 0 Å². The smallest absolute Gasteiger partial charge is 0.119 e. The third-order valence-electron chi connectivity index (χ3n) is 2.66. The van der Waals surface area contributed by atoms with Crippen LogP contribution in [0.1, 0.15) is 11.1 Å². The molecule has 0 atom stereocenters. The van der Waals surface area contributed by atoms with Crippen LogP contribution < -0.4 is 10.5 Å². The fraction of sp³-hybridized carbons (Fsp3) is 0.143. The average molecular weight is 292 g/mol. The van der Waals surface area contributed by atoms with Crippen LogP contribution in [0.15, 0.2) is 46.9 Å². The Labute approximate surface area is 110 Å². The molecule has 0 aliphatic rings. The molecule has 2 nitrogen and oxygen atoms in total. The van der Waals surface area contributed by atoms with E-state index in [4.69, 9.17) is 10.5 Å². The molecule has 0 aliphatic carbocycles. The summed E-state index contributed by atoms with van der Waals surface area (Å²) in [6.45, 7) is 0. The van der Waals surface area contributed by atoms with E-state index in [1.165, 1.54) is 5.56 Å². The van der Waals surface area contributed by atoms with Crippen LogP contribution in [0.3, 0.4) is 0 Å². The van der Waals surface area contributed by atoms with Crippen molar-refractivity contribution < 1.29 is 4.74 Å². The van der Waals surface area contributed by atoms with Gasteiger partial charge in [-0.3, -0.25) is 0 Å². The van der Waals surface area contributed by atoms with Crippen LogP contribution in [0, 0.1) is 0 Å². The predicted octanol–water partition coefficient (Wildman–Crippen LogP) is 3.63. The maximum Gasteiger partial charge on any atom is 0.119 e. The van der Waals surface area contributed by atoms with Crippen LogP contribution in [0.25, 0.3) is 0 Å². The second-order valence-corrected chi connectivity index (χ2v) is 4.78. The van der Waals surface area contributed by atoms with E-state index in [0.717, 1.165) is 27.9 Å². The number of hydrogen-bond acceptors (Lipinski definition) is 2. The molecule has 0 saturated heterocycles. The van der Waals surface area contributed by atoms with E-state index < -0.39 is 0 Å². The maximum absolute atomic E-state index is 5.96. The summed E-state index contributed by atoms with van der Waals surface area (Å²) in [7, 11) is 1.66. The SMILES string of the molecule is COc1ccc(N)c(Cc2ccc(Br)cc2)c1. The summed E-state index contributed by atoms with van der Waals surface area (Å²) >= 11 is 3.42. The Hall–Kier alpha value is -1.48. The second-order valence-electron chi connectivity index (χ2n) is 3.87. The van der Waals surface area contributed by atoms with Gasteiger partial charge < -0.3 is 10.5 Å². The van der Waals surface area contributed by atoms with Crippen molar-refractivity contribution in [3.05, 3.63) is 58.1 Å². The molecule has 88 valence electrons. The van der Waals surface area contributed by atoms with E-state index in [-0.39, 0.29) is 0 Å². The van der Waals surface area contributed by atoms with E-state index in [1.54, 1.807) is 7.11 Å². The molecular formula is C14H14BrNO. The fourth-order valence-electron chi connectivity index (χ4n) is 1.68. The van der Waals surface area contributed by atoms with Crippen molar-refractivity contribution in [1.82, 2.24) is 0 Å². The molecule has 0 fully saturated rings. The van der Waals surface area contributed by atoms with Crippen molar-refractivity contribution in [2.75, 3.05) is 12.8 Å². The van der Waals surface area contributed by atoms with Gasteiger partial charge in [-0.25, -0.2) is 0 Å². The third-order valence-corrected chi connectivity index (χ3v) is 3.19. The number of ether oxygens (including phenoxy) is 1. The maximum atomic E-state index is 5.96. The van der Waals surface area contributed by atoms with Crippen molar-refractivity contribution in [1.29, 1.82) is 0 Å². The Morgan fingerprint density at radius 3 is 2.47 bits per heavy atom. The van der Waals surface area contributed by atoms with E-state index >= 15 is 0 Å². The largest absolute Gasteiger partial charge is 0.497 e. The Morgan fingerprint density at radius 1 is 1.12 bits per heavy atom. The highest BCUT2D eigenvalue weighted by molar-refractivity contribution is 9.10. The van der Waals surface area contributed by atoms with Gasteiger partial charge in [0, 0.05) is 10.2 Å². The molecule has 0 bridgehead atoms. The fourth-order valence-corrected chi connectivity index (χ4v) is 1.95. The van der Waals surface area contributed by atoms with Crippen LogP contribution in [0.4, 0.5) is 5.69 Å². The van der Waals surface area contributed by atoms with Crippen molar-refractivity contribution >= 4 is 21.6 Å². The van der Waals surface area contributed by atoms with Gasteiger partial charge in [-0.2, -0.15) is 0 Å². The lowest BCUT2D eigenvalue weighted by atomic mass is 10.0. The number of halogens is 1. The highest BCUT2D eigenvalue weighted by atomic mass is 79.9. The lowest BCUT2D eigenvalue weighted by molar-refractivity contribution is 0.414. The standard InChI is InChI=1S/C14H14BrNO/c1-17-13-6-7-14(16)11(9-13)8-10-2-4-12(15)5-3-10/h2-7,9H,8,16H2,1H3. The minimum Gasteiger partial charge on any atom is -0.497 e. The predicted molar refractivity (Wildman–Crippen MR) is 74.4 cm³/mol. The van der Waals surface area contributed by atoms with E-state index in [9.17, 15) is 0 Å². The molecule has 0 unspecified atom stereocenters. The Morgan fingerprint density at radius 2 is 1.82 bits per heavy atom. The van der Waals surface area contributed by atoms with Crippen molar-refractivity contribution in [3.63, 3.8) is 0 Å². The number of methoxy groups -OCH3 is 1. The Bertz CT molecular complexity index is 508. The van der Waals surface area contributed by atoms with Gasteiger partial charge in [0.05, 0.1) is 7.11 Å². The molecule has 2 rings (SSSR count). The first-order valence-electron chi connectivity index (χ1n) is 5.36. The van der Waals surface area contributed by atoms with Crippen LogP contribution in [0.2, 0.25) is 0 Å². The van der Waals surface area contributed by atoms with Gasteiger partial charge in [-0.05, 0) is 47.9 Å². The minimum atomic E-state index is 0.800. The van der Waals surface area contributed by atoms with Crippen molar-refractivity contribution in [3.8, 4) is 5.75 Å². The van der Waals surface area contributed by atoms with Crippen LogP contribution >= 0.6 is 15.9 Å². The molecule has 0 spiro atoms. The molecule has 2 N–H and O–H groups in total. The van der Waals surface area contributed by atoms with E-state index in [1.807, 2.05) is 30.3 Å². The molecule has 0 aromatic heterocycles. The van der Waals surface area contributed by atoms with Gasteiger partial charge in [-0.15, -0.1) is 0 Å². The summed E-state index contributed by atoms with van der Waals surface area (Å²) in [5, 5.41) is 0. The highest BCUT2D eigenvalue weighted by Crippen LogP contribution is 2.23.